The first-order valence-corrected chi connectivity index (χ1v) is 6.92. The Morgan fingerprint density at radius 2 is 1.82 bits per heavy atom. The van der Waals surface area contributed by atoms with Gasteiger partial charge in [-0.25, -0.2) is 4.39 Å². The maximum Gasteiger partial charge on any atom is 0.251 e. The van der Waals surface area contributed by atoms with Crippen LogP contribution in [0.25, 0.3) is 0 Å². The van der Waals surface area contributed by atoms with Crippen LogP contribution < -0.4 is 5.32 Å². The van der Waals surface area contributed by atoms with Gasteiger partial charge in [-0.3, -0.25) is 4.79 Å². The van der Waals surface area contributed by atoms with E-state index in [2.05, 4.69) is 5.32 Å². The van der Waals surface area contributed by atoms with Gasteiger partial charge in [0.2, 0.25) is 0 Å². The number of nitrogens with one attached hydrogen (secondary N) is 1. The van der Waals surface area contributed by atoms with Crippen molar-refractivity contribution in [1.29, 1.82) is 0 Å². The van der Waals surface area contributed by atoms with Crippen molar-refractivity contribution in [3.63, 3.8) is 0 Å². The molecule has 2 atom stereocenters. The highest BCUT2D eigenvalue weighted by atomic mass is 19.1. The first-order valence-electron chi connectivity index (χ1n) is 6.92. The van der Waals surface area contributed by atoms with Crippen LogP contribution in [0, 0.1) is 12.7 Å². The normalized spacial score (nSPS) is 13.5. The van der Waals surface area contributed by atoms with Crippen LogP contribution in [0.4, 0.5) is 4.39 Å². The zero-order valence-electron chi connectivity index (χ0n) is 12.4. The third-order valence-electron chi connectivity index (χ3n) is 3.52. The minimum Gasteiger partial charge on any atom is -0.508 e. The van der Waals surface area contributed by atoms with Crippen LogP contribution in [0.15, 0.2) is 42.5 Å². The van der Waals surface area contributed by atoms with Crippen molar-refractivity contribution in [2.24, 2.45) is 0 Å². The quantitative estimate of drug-likeness (QED) is 0.813. The number of aliphatic hydroxyl groups excluding tert-OH is 1. The molecule has 4 nitrogen and oxygen atoms in total. The number of aryl methyl sites for hydroxylation is 1. The Morgan fingerprint density at radius 3 is 2.41 bits per heavy atom. The maximum absolute atomic E-state index is 12.9. The van der Waals surface area contributed by atoms with Crippen LogP contribution in [0.2, 0.25) is 0 Å². The van der Waals surface area contributed by atoms with Crippen molar-refractivity contribution in [1.82, 2.24) is 5.32 Å². The summed E-state index contributed by atoms with van der Waals surface area (Å²) in [5, 5.41) is 22.5. The van der Waals surface area contributed by atoms with E-state index >= 15 is 0 Å². The summed E-state index contributed by atoms with van der Waals surface area (Å²) in [5.74, 6) is -0.744. The summed E-state index contributed by atoms with van der Waals surface area (Å²) in [6, 6.07) is 9.51. The molecule has 0 aliphatic carbocycles. The molecule has 0 radical (unpaired) electrons. The van der Waals surface area contributed by atoms with Gasteiger partial charge in [-0.05, 0) is 49.2 Å². The van der Waals surface area contributed by atoms with Gasteiger partial charge in [0.1, 0.15) is 11.6 Å². The number of benzene rings is 2. The van der Waals surface area contributed by atoms with Crippen LogP contribution >= 0.6 is 0 Å². The number of aromatic hydroxyl groups is 1. The molecule has 2 aromatic rings. The summed E-state index contributed by atoms with van der Waals surface area (Å²) in [7, 11) is 0. The largest absolute Gasteiger partial charge is 0.508 e. The molecule has 2 unspecified atom stereocenters. The Labute approximate surface area is 128 Å². The summed E-state index contributed by atoms with van der Waals surface area (Å²) in [6.45, 7) is 3.39. The molecule has 22 heavy (non-hydrogen) atoms. The van der Waals surface area contributed by atoms with Crippen molar-refractivity contribution in [3.8, 4) is 5.75 Å². The van der Waals surface area contributed by atoms with Crippen LogP contribution in [-0.4, -0.2) is 22.2 Å². The molecule has 2 rings (SSSR count). The van der Waals surface area contributed by atoms with Gasteiger partial charge < -0.3 is 15.5 Å². The zero-order valence-corrected chi connectivity index (χ0v) is 12.4. The van der Waals surface area contributed by atoms with Crippen molar-refractivity contribution in [2.75, 3.05) is 0 Å². The summed E-state index contributed by atoms with van der Waals surface area (Å²) < 4.78 is 12.9. The van der Waals surface area contributed by atoms with Gasteiger partial charge in [0.25, 0.3) is 5.91 Å². The van der Waals surface area contributed by atoms with Gasteiger partial charge >= 0.3 is 0 Å². The fraction of sp³-hybridized carbons (Fsp3) is 0.235. The Kier molecular flexibility index (Phi) is 4.78. The molecule has 0 aliphatic heterocycles. The van der Waals surface area contributed by atoms with Gasteiger partial charge in [-0.2, -0.15) is 0 Å². The number of hydrogen-bond donors (Lipinski definition) is 3. The van der Waals surface area contributed by atoms with E-state index in [1.54, 1.807) is 26.0 Å². The van der Waals surface area contributed by atoms with Crippen LogP contribution in [0.3, 0.4) is 0 Å². The third kappa shape index (κ3) is 3.62. The number of rotatable bonds is 4. The van der Waals surface area contributed by atoms with E-state index in [9.17, 15) is 19.4 Å². The Hall–Kier alpha value is -2.40. The molecule has 116 valence electrons. The van der Waals surface area contributed by atoms with Crippen LogP contribution in [0.5, 0.6) is 5.75 Å². The van der Waals surface area contributed by atoms with E-state index < -0.39 is 18.1 Å². The highest BCUT2D eigenvalue weighted by Gasteiger charge is 2.19. The molecule has 2 aromatic carbocycles. The highest BCUT2D eigenvalue weighted by Crippen LogP contribution is 2.20. The maximum atomic E-state index is 12.9. The lowest BCUT2D eigenvalue weighted by atomic mass is 10.0. The summed E-state index contributed by atoms with van der Waals surface area (Å²) in [6.07, 6.45) is -0.955. The molecular weight excluding hydrogens is 285 g/mol. The van der Waals surface area contributed by atoms with E-state index in [0.717, 1.165) is 0 Å². The fourth-order valence-corrected chi connectivity index (χ4v) is 2.07. The Bertz CT molecular complexity index is 670. The number of phenolic OH excluding ortho intramolecular Hbond substituents is 1. The first-order chi connectivity index (χ1) is 10.4. The van der Waals surface area contributed by atoms with E-state index in [0.29, 0.717) is 16.7 Å². The molecule has 0 heterocycles. The average molecular weight is 303 g/mol. The predicted octanol–water partition coefficient (Wildman–Crippen LogP) is 2.69. The SMILES string of the molecule is Cc1ccc(C(=O)NC(C)C(O)c2ccc(F)cc2)cc1O. The number of carbonyl (C=O) groups is 1. The summed E-state index contributed by atoms with van der Waals surface area (Å²) >= 11 is 0. The zero-order chi connectivity index (χ0) is 16.3. The number of aliphatic hydroxyl groups is 1. The van der Waals surface area contributed by atoms with Crippen LogP contribution in [-0.2, 0) is 0 Å². The van der Waals surface area contributed by atoms with E-state index in [1.165, 1.54) is 30.3 Å². The second-order valence-corrected chi connectivity index (χ2v) is 5.26. The number of carbonyl (C=O) groups excluding carboxylic acids is 1. The van der Waals surface area contributed by atoms with Gasteiger partial charge in [-0.1, -0.05) is 18.2 Å². The summed E-state index contributed by atoms with van der Waals surface area (Å²) in [4.78, 5) is 12.1. The molecule has 0 aliphatic rings. The number of phenols is 1. The van der Waals surface area contributed by atoms with Crippen molar-refractivity contribution in [3.05, 3.63) is 65.0 Å². The number of halogens is 1. The minimum atomic E-state index is -0.955. The molecular formula is C17H18FNO3. The smallest absolute Gasteiger partial charge is 0.251 e. The first kappa shape index (κ1) is 16.0. The van der Waals surface area contributed by atoms with E-state index in [4.69, 9.17) is 0 Å². The Balaban J connectivity index is 2.07. The van der Waals surface area contributed by atoms with Gasteiger partial charge in [0, 0.05) is 5.56 Å². The molecule has 3 N–H and O–H groups in total. The van der Waals surface area contributed by atoms with E-state index in [1.807, 2.05) is 0 Å². The van der Waals surface area contributed by atoms with Crippen molar-refractivity contribution in [2.45, 2.75) is 26.0 Å². The third-order valence-corrected chi connectivity index (χ3v) is 3.52. The predicted molar refractivity (Wildman–Crippen MR) is 81.1 cm³/mol. The van der Waals surface area contributed by atoms with Gasteiger partial charge in [0.15, 0.2) is 0 Å². The van der Waals surface area contributed by atoms with Crippen molar-refractivity contribution >= 4 is 5.91 Å². The second-order valence-electron chi connectivity index (χ2n) is 5.26. The Morgan fingerprint density at radius 1 is 1.18 bits per heavy atom. The molecule has 0 spiro atoms. The molecule has 0 aromatic heterocycles. The fourth-order valence-electron chi connectivity index (χ4n) is 2.07. The van der Waals surface area contributed by atoms with Gasteiger partial charge in [-0.15, -0.1) is 0 Å². The second kappa shape index (κ2) is 6.58. The molecule has 0 bridgehead atoms. The average Bonchev–Trinajstić information content (AvgIpc) is 2.50. The van der Waals surface area contributed by atoms with Crippen molar-refractivity contribution < 1.29 is 19.4 Å². The molecule has 1 amide bonds. The lowest BCUT2D eigenvalue weighted by molar-refractivity contribution is 0.0851. The van der Waals surface area contributed by atoms with Crippen LogP contribution in [0.1, 0.15) is 34.5 Å². The summed E-state index contributed by atoms with van der Waals surface area (Å²) in [5.41, 5.74) is 1.50. The molecule has 0 fully saturated rings. The highest BCUT2D eigenvalue weighted by molar-refractivity contribution is 5.94. The molecule has 0 saturated carbocycles. The number of amides is 1. The standard InChI is InChI=1S/C17H18FNO3/c1-10-3-4-13(9-15(10)20)17(22)19-11(2)16(21)12-5-7-14(18)8-6-12/h3-9,11,16,20-21H,1-2H3,(H,19,22). The number of hydrogen-bond acceptors (Lipinski definition) is 3. The molecule has 5 heteroatoms. The molecule has 0 saturated heterocycles. The van der Waals surface area contributed by atoms with E-state index in [-0.39, 0.29) is 11.6 Å². The topological polar surface area (TPSA) is 69.6 Å². The lowest BCUT2D eigenvalue weighted by Crippen LogP contribution is -2.37. The van der Waals surface area contributed by atoms with Gasteiger partial charge in [0.05, 0.1) is 12.1 Å². The lowest BCUT2D eigenvalue weighted by Gasteiger charge is -2.20. The monoisotopic (exact) mass is 303 g/mol. The minimum absolute atomic E-state index is 0.0411.